The molecule has 0 aliphatic heterocycles. The third-order valence-corrected chi connectivity index (χ3v) is 2.32. The first-order valence-electron chi connectivity index (χ1n) is 5.14. The lowest BCUT2D eigenvalue weighted by Gasteiger charge is -1.94. The van der Waals surface area contributed by atoms with E-state index < -0.39 is 4.92 Å². The van der Waals surface area contributed by atoms with Gasteiger partial charge in [-0.15, -0.1) is 0 Å². The second-order valence-electron chi connectivity index (χ2n) is 3.52. The van der Waals surface area contributed by atoms with Crippen molar-refractivity contribution >= 4 is 17.8 Å². The van der Waals surface area contributed by atoms with E-state index in [0.29, 0.717) is 0 Å². The Morgan fingerprint density at radius 2 is 1.47 bits per heavy atom. The van der Waals surface area contributed by atoms with Crippen molar-refractivity contribution in [2.75, 3.05) is 0 Å². The fraction of sp³-hybridized carbons (Fsp3) is 0. The van der Waals surface area contributed by atoms with E-state index in [0.717, 1.165) is 11.1 Å². The summed E-state index contributed by atoms with van der Waals surface area (Å²) < 4.78 is 0. The Bertz CT molecular complexity index is 530. The predicted octanol–water partition coefficient (Wildman–Crippen LogP) is 3.57. The van der Waals surface area contributed by atoms with Gasteiger partial charge < -0.3 is 0 Å². The maximum Gasteiger partial charge on any atom is 0.269 e. The number of nitro groups is 1. The van der Waals surface area contributed by atoms with Crippen molar-refractivity contribution in [1.82, 2.24) is 0 Å². The number of rotatable bonds is 3. The quantitative estimate of drug-likeness (QED) is 0.454. The van der Waals surface area contributed by atoms with E-state index in [2.05, 4.69) is 6.07 Å². The van der Waals surface area contributed by atoms with Gasteiger partial charge in [-0.05, 0) is 29.3 Å². The zero-order chi connectivity index (χ0) is 12.1. The van der Waals surface area contributed by atoms with E-state index >= 15 is 0 Å². The molecule has 0 spiro atoms. The van der Waals surface area contributed by atoms with E-state index in [9.17, 15) is 10.1 Å². The average molecular weight is 224 g/mol. The van der Waals surface area contributed by atoms with Gasteiger partial charge in [0.1, 0.15) is 0 Å². The van der Waals surface area contributed by atoms with Crippen LogP contribution in [-0.4, -0.2) is 4.92 Å². The average Bonchev–Trinajstić information content (AvgIpc) is 2.38. The molecule has 0 aliphatic rings. The first-order valence-corrected chi connectivity index (χ1v) is 5.14. The van der Waals surface area contributed by atoms with Crippen LogP contribution in [0, 0.1) is 16.2 Å². The van der Waals surface area contributed by atoms with Crippen molar-refractivity contribution in [1.29, 1.82) is 0 Å². The molecule has 0 bridgehead atoms. The van der Waals surface area contributed by atoms with Crippen molar-refractivity contribution in [3.05, 3.63) is 75.8 Å². The molecule has 0 unspecified atom stereocenters. The Kier molecular flexibility index (Phi) is 3.31. The standard InChI is InChI=1S/C14H10NO2/c16-15(17)14-10-8-13(9-11-14)7-6-12-4-2-1-3-5-12/h2-11H/b7-6+. The lowest BCUT2D eigenvalue weighted by Crippen LogP contribution is -1.86. The fourth-order valence-electron chi connectivity index (χ4n) is 1.41. The molecule has 2 aromatic carbocycles. The fourth-order valence-corrected chi connectivity index (χ4v) is 1.41. The summed E-state index contributed by atoms with van der Waals surface area (Å²) in [5.41, 5.74) is 2.11. The summed E-state index contributed by atoms with van der Waals surface area (Å²) in [4.78, 5) is 10.1. The van der Waals surface area contributed by atoms with Crippen molar-refractivity contribution in [2.45, 2.75) is 0 Å². The zero-order valence-electron chi connectivity index (χ0n) is 9.04. The summed E-state index contributed by atoms with van der Waals surface area (Å²) >= 11 is 0. The highest BCUT2D eigenvalue weighted by Crippen LogP contribution is 2.14. The maximum atomic E-state index is 10.5. The summed E-state index contributed by atoms with van der Waals surface area (Å²) in [5.74, 6) is 0. The molecule has 17 heavy (non-hydrogen) atoms. The first-order chi connectivity index (χ1) is 8.25. The second kappa shape index (κ2) is 5.07. The van der Waals surface area contributed by atoms with Gasteiger partial charge in [0, 0.05) is 12.1 Å². The molecule has 0 amide bonds. The first kappa shape index (κ1) is 11.1. The highest BCUT2D eigenvalue weighted by Gasteiger charge is 2.01. The number of benzene rings is 2. The van der Waals surface area contributed by atoms with Gasteiger partial charge in [-0.25, -0.2) is 0 Å². The van der Waals surface area contributed by atoms with Crippen LogP contribution in [-0.2, 0) is 0 Å². The Hall–Kier alpha value is -2.42. The monoisotopic (exact) mass is 224 g/mol. The molecule has 3 heteroatoms. The van der Waals surface area contributed by atoms with E-state index in [1.807, 2.05) is 36.4 Å². The van der Waals surface area contributed by atoms with Crippen LogP contribution >= 0.6 is 0 Å². The van der Waals surface area contributed by atoms with Crippen molar-refractivity contribution < 1.29 is 4.92 Å². The van der Waals surface area contributed by atoms with Crippen LogP contribution < -0.4 is 0 Å². The van der Waals surface area contributed by atoms with Gasteiger partial charge in [0.2, 0.25) is 0 Å². The summed E-state index contributed by atoms with van der Waals surface area (Å²) in [6.07, 6.45) is 3.87. The summed E-state index contributed by atoms with van der Waals surface area (Å²) in [5, 5.41) is 10.5. The molecule has 0 saturated heterocycles. The van der Waals surface area contributed by atoms with Crippen LogP contribution in [0.1, 0.15) is 11.1 Å². The lowest BCUT2D eigenvalue weighted by molar-refractivity contribution is -0.384. The second-order valence-corrected chi connectivity index (χ2v) is 3.52. The Balaban J connectivity index is 2.14. The lowest BCUT2D eigenvalue weighted by atomic mass is 10.1. The number of hydrogen-bond acceptors (Lipinski definition) is 2. The third kappa shape index (κ3) is 3.01. The highest BCUT2D eigenvalue weighted by molar-refractivity contribution is 5.69. The maximum absolute atomic E-state index is 10.5. The van der Waals surface area contributed by atoms with E-state index in [1.165, 1.54) is 12.1 Å². The van der Waals surface area contributed by atoms with Crippen LogP contribution in [0.3, 0.4) is 0 Å². The zero-order valence-corrected chi connectivity index (χ0v) is 9.04. The SMILES string of the molecule is O=[N+]([O-])c1ccc(/C=C/c2cc[c]cc2)cc1. The summed E-state index contributed by atoms with van der Waals surface area (Å²) in [7, 11) is 0. The molecule has 0 aliphatic carbocycles. The smallest absolute Gasteiger partial charge is 0.258 e. The van der Waals surface area contributed by atoms with E-state index in [4.69, 9.17) is 0 Å². The normalized spacial score (nSPS) is 10.6. The molecule has 0 fully saturated rings. The van der Waals surface area contributed by atoms with Gasteiger partial charge in [-0.3, -0.25) is 10.1 Å². The van der Waals surface area contributed by atoms with Crippen LogP contribution in [0.5, 0.6) is 0 Å². The third-order valence-electron chi connectivity index (χ3n) is 2.32. The van der Waals surface area contributed by atoms with Gasteiger partial charge in [0.15, 0.2) is 0 Å². The number of hydrogen-bond donors (Lipinski definition) is 0. The summed E-state index contributed by atoms with van der Waals surface area (Å²) in [6.45, 7) is 0. The van der Waals surface area contributed by atoms with Crippen LogP contribution in [0.25, 0.3) is 12.2 Å². The largest absolute Gasteiger partial charge is 0.269 e. The number of nitrogens with zero attached hydrogens (tertiary/aromatic N) is 1. The molecule has 0 atom stereocenters. The molecule has 0 saturated carbocycles. The van der Waals surface area contributed by atoms with Gasteiger partial charge >= 0.3 is 0 Å². The van der Waals surface area contributed by atoms with Gasteiger partial charge in [-0.1, -0.05) is 36.4 Å². The molecule has 0 aromatic heterocycles. The highest BCUT2D eigenvalue weighted by atomic mass is 16.6. The molecule has 2 aromatic rings. The molecular weight excluding hydrogens is 214 g/mol. The van der Waals surface area contributed by atoms with Crippen molar-refractivity contribution in [2.24, 2.45) is 0 Å². The number of non-ortho nitro benzene ring substituents is 1. The molecule has 83 valence electrons. The molecule has 0 N–H and O–H groups in total. The summed E-state index contributed by atoms with van der Waals surface area (Å²) in [6, 6.07) is 17.0. The van der Waals surface area contributed by atoms with Gasteiger partial charge in [0.05, 0.1) is 4.92 Å². The Morgan fingerprint density at radius 1 is 0.941 bits per heavy atom. The molecule has 2 rings (SSSR count). The minimum atomic E-state index is -0.402. The topological polar surface area (TPSA) is 43.1 Å². The van der Waals surface area contributed by atoms with Crippen LogP contribution in [0.15, 0.2) is 48.5 Å². The van der Waals surface area contributed by atoms with E-state index in [-0.39, 0.29) is 5.69 Å². The van der Waals surface area contributed by atoms with Crippen LogP contribution in [0.4, 0.5) is 5.69 Å². The van der Waals surface area contributed by atoms with Crippen molar-refractivity contribution in [3.8, 4) is 0 Å². The molecule has 0 heterocycles. The minimum Gasteiger partial charge on any atom is -0.258 e. The number of nitro benzene ring substituents is 1. The predicted molar refractivity (Wildman–Crippen MR) is 67.3 cm³/mol. The minimum absolute atomic E-state index is 0.108. The van der Waals surface area contributed by atoms with Gasteiger partial charge in [0.25, 0.3) is 5.69 Å². The van der Waals surface area contributed by atoms with Crippen molar-refractivity contribution in [3.63, 3.8) is 0 Å². The van der Waals surface area contributed by atoms with E-state index in [1.54, 1.807) is 12.1 Å². The Labute approximate surface area is 99.2 Å². The molecular formula is C14H10NO2. The Morgan fingerprint density at radius 3 is 2.00 bits per heavy atom. The molecule has 3 nitrogen and oxygen atoms in total. The van der Waals surface area contributed by atoms with Gasteiger partial charge in [-0.2, -0.15) is 0 Å². The molecule has 1 radical (unpaired) electrons. The van der Waals surface area contributed by atoms with Crippen LogP contribution in [0.2, 0.25) is 0 Å².